The predicted octanol–water partition coefficient (Wildman–Crippen LogP) is 5.54. The number of aliphatic hydroxyl groups excluding tert-OH is 1. The Morgan fingerprint density at radius 2 is 1.74 bits per heavy atom. The van der Waals surface area contributed by atoms with Gasteiger partial charge in [0.1, 0.15) is 5.78 Å². The molecule has 4 fully saturated rings. The van der Waals surface area contributed by atoms with E-state index in [0.29, 0.717) is 42.3 Å². The molecular weight excluding hydrogens is 460 g/mol. The van der Waals surface area contributed by atoms with Crippen LogP contribution in [0.3, 0.4) is 0 Å². The summed E-state index contributed by atoms with van der Waals surface area (Å²) in [6.07, 6.45) is 7.10. The van der Waals surface area contributed by atoms with Gasteiger partial charge in [0.25, 0.3) is 10.1 Å². The minimum Gasteiger partial charge on any atom is -0.393 e. The number of hydrogen-bond acceptors (Lipinski definition) is 5. The van der Waals surface area contributed by atoms with Gasteiger partial charge in [0.15, 0.2) is 0 Å². The van der Waals surface area contributed by atoms with Crippen molar-refractivity contribution in [2.45, 2.75) is 90.1 Å². The summed E-state index contributed by atoms with van der Waals surface area (Å²) in [5, 5.41) is 11.4. The highest BCUT2D eigenvalue weighted by Crippen LogP contribution is 2.68. The second-order valence-electron chi connectivity index (χ2n) is 12.8. The molecule has 0 bridgehead atoms. The van der Waals surface area contributed by atoms with E-state index in [1.807, 2.05) is 6.92 Å². The van der Waals surface area contributed by atoms with Gasteiger partial charge in [-0.2, -0.15) is 8.42 Å². The number of carbonyl (C=O) groups is 1. The smallest absolute Gasteiger partial charge is 0.296 e. The Bertz CT molecular complexity index is 1070. The van der Waals surface area contributed by atoms with Gasteiger partial charge in [0.05, 0.1) is 17.6 Å². The molecule has 0 amide bonds. The van der Waals surface area contributed by atoms with Crippen molar-refractivity contribution in [3.05, 3.63) is 29.8 Å². The Balaban J connectivity index is 1.30. The minimum atomic E-state index is -3.77. The molecule has 1 aromatic carbocycles. The Labute approximate surface area is 211 Å². The molecule has 35 heavy (non-hydrogen) atoms. The van der Waals surface area contributed by atoms with Crippen LogP contribution in [0.5, 0.6) is 0 Å². The van der Waals surface area contributed by atoms with Crippen LogP contribution in [-0.4, -0.2) is 32.0 Å². The zero-order valence-corrected chi connectivity index (χ0v) is 22.5. The molecule has 0 saturated heterocycles. The van der Waals surface area contributed by atoms with Crippen LogP contribution in [0.4, 0.5) is 0 Å². The Morgan fingerprint density at radius 3 is 2.46 bits per heavy atom. The van der Waals surface area contributed by atoms with Gasteiger partial charge in [-0.05, 0) is 104 Å². The summed E-state index contributed by atoms with van der Waals surface area (Å²) in [4.78, 5) is 12.4. The Hall–Kier alpha value is -1.24. The molecule has 0 heterocycles. The number of ketones is 1. The maximum absolute atomic E-state index is 12.8. The van der Waals surface area contributed by atoms with Gasteiger partial charge in [-0.25, -0.2) is 0 Å². The molecule has 4 saturated carbocycles. The van der Waals surface area contributed by atoms with Crippen LogP contribution in [0.15, 0.2) is 29.2 Å². The first kappa shape index (κ1) is 25.4. The average Bonchev–Trinajstić information content (AvgIpc) is 3.16. The largest absolute Gasteiger partial charge is 0.393 e. The third-order valence-corrected chi connectivity index (χ3v) is 12.4. The summed E-state index contributed by atoms with van der Waals surface area (Å²) in [6.45, 7) is 9.05. The third-order valence-electron chi connectivity index (χ3n) is 11.1. The van der Waals surface area contributed by atoms with Crippen LogP contribution in [0.2, 0.25) is 0 Å². The zero-order valence-electron chi connectivity index (χ0n) is 21.7. The van der Waals surface area contributed by atoms with Crippen LogP contribution in [-0.2, 0) is 19.1 Å². The Kier molecular flexibility index (Phi) is 6.50. The number of Topliss-reactive ketones (excluding diaryl/α,β-unsaturated/α-hetero) is 1. The van der Waals surface area contributed by atoms with Gasteiger partial charge in [-0.1, -0.05) is 38.5 Å². The second-order valence-corrected chi connectivity index (χ2v) is 14.4. The monoisotopic (exact) mass is 502 g/mol. The van der Waals surface area contributed by atoms with Crippen molar-refractivity contribution >= 4 is 15.9 Å². The number of carbonyl (C=O) groups excluding carboxylic acids is 1. The molecule has 1 aromatic rings. The topological polar surface area (TPSA) is 80.7 Å². The number of rotatable bonds is 5. The molecule has 5 rings (SSSR count). The summed E-state index contributed by atoms with van der Waals surface area (Å²) in [7, 11) is -3.77. The van der Waals surface area contributed by atoms with Crippen LogP contribution in [0.1, 0.15) is 77.7 Å². The molecule has 6 heteroatoms. The van der Waals surface area contributed by atoms with E-state index in [9.17, 15) is 18.3 Å². The van der Waals surface area contributed by atoms with Crippen molar-refractivity contribution in [2.24, 2.45) is 46.3 Å². The Morgan fingerprint density at radius 1 is 1.06 bits per heavy atom. The normalized spacial score (nSPS) is 42.1. The van der Waals surface area contributed by atoms with E-state index in [1.165, 1.54) is 0 Å². The molecule has 0 unspecified atom stereocenters. The zero-order chi connectivity index (χ0) is 25.2. The molecule has 4 aliphatic rings. The summed E-state index contributed by atoms with van der Waals surface area (Å²) in [5.74, 6) is 2.42. The van der Waals surface area contributed by atoms with Gasteiger partial charge in [0, 0.05) is 12.8 Å². The van der Waals surface area contributed by atoms with Crippen molar-refractivity contribution in [1.82, 2.24) is 0 Å². The molecule has 0 aliphatic heterocycles. The van der Waals surface area contributed by atoms with Gasteiger partial charge < -0.3 is 5.11 Å². The van der Waals surface area contributed by atoms with E-state index < -0.39 is 10.1 Å². The fourth-order valence-electron chi connectivity index (χ4n) is 9.07. The van der Waals surface area contributed by atoms with Crippen molar-refractivity contribution in [1.29, 1.82) is 0 Å². The number of aryl methyl sites for hydroxylation is 1. The lowest BCUT2D eigenvalue weighted by Crippen LogP contribution is -2.58. The molecule has 0 radical (unpaired) electrons. The van der Waals surface area contributed by atoms with Crippen LogP contribution in [0.25, 0.3) is 0 Å². The molecular formula is C29H42O5S. The van der Waals surface area contributed by atoms with Crippen LogP contribution >= 0.6 is 0 Å². The SMILES string of the molecule is Cc1ccc(S(=O)(=O)OC[C@@H](C)[C@H]2CC[C@H]3[C@@H]4[C@H](O)C[C@@H]5CC(=O)CC[C@]5(C)[C@H]4CC[C@]23C)cc1. The van der Waals surface area contributed by atoms with Crippen molar-refractivity contribution in [3.8, 4) is 0 Å². The van der Waals surface area contributed by atoms with Crippen molar-refractivity contribution in [3.63, 3.8) is 0 Å². The predicted molar refractivity (Wildman–Crippen MR) is 135 cm³/mol. The van der Waals surface area contributed by atoms with E-state index in [1.54, 1.807) is 24.3 Å². The van der Waals surface area contributed by atoms with Gasteiger partial charge >= 0.3 is 0 Å². The highest BCUT2D eigenvalue weighted by molar-refractivity contribution is 7.86. The molecule has 0 aromatic heterocycles. The first-order chi connectivity index (χ1) is 16.5. The molecule has 5 nitrogen and oxygen atoms in total. The first-order valence-corrected chi connectivity index (χ1v) is 15.0. The number of aliphatic hydroxyl groups is 1. The summed E-state index contributed by atoms with van der Waals surface area (Å²) in [5.41, 5.74) is 1.27. The van der Waals surface area contributed by atoms with Gasteiger partial charge in [0.2, 0.25) is 0 Å². The lowest BCUT2D eigenvalue weighted by atomic mass is 9.44. The van der Waals surface area contributed by atoms with E-state index in [0.717, 1.165) is 44.1 Å². The van der Waals surface area contributed by atoms with Crippen LogP contribution in [0, 0.1) is 53.3 Å². The average molecular weight is 503 g/mol. The highest BCUT2D eigenvalue weighted by Gasteiger charge is 2.62. The second kappa shape index (κ2) is 8.95. The van der Waals surface area contributed by atoms with Gasteiger partial charge in [-0.15, -0.1) is 0 Å². The summed E-state index contributed by atoms with van der Waals surface area (Å²) in [6, 6.07) is 6.81. The maximum Gasteiger partial charge on any atom is 0.296 e. The standard InChI is InChI=1S/C29H42O5S/c1-18-5-7-22(8-6-18)35(32,33)34-17-19(2)23-9-10-24-27-25(12-14-29(23,24)4)28(3)13-11-21(30)15-20(28)16-26(27)31/h5-8,19-20,23-27,31H,9-17H2,1-4H3/t19-,20+,23-,24+,25+,26-,27+,28+,29-/m1/s1. The van der Waals surface area contributed by atoms with Crippen molar-refractivity contribution < 1.29 is 22.5 Å². The van der Waals surface area contributed by atoms with E-state index in [4.69, 9.17) is 4.18 Å². The maximum atomic E-state index is 12.8. The summed E-state index contributed by atoms with van der Waals surface area (Å²) >= 11 is 0. The molecule has 4 aliphatic carbocycles. The van der Waals surface area contributed by atoms with Gasteiger partial charge in [-0.3, -0.25) is 8.98 Å². The molecule has 1 N–H and O–H groups in total. The van der Waals surface area contributed by atoms with E-state index in [2.05, 4.69) is 20.8 Å². The fraction of sp³-hybridized carbons (Fsp3) is 0.759. The van der Waals surface area contributed by atoms with E-state index >= 15 is 0 Å². The minimum absolute atomic E-state index is 0.0895. The first-order valence-electron chi connectivity index (χ1n) is 13.6. The number of hydrogen-bond donors (Lipinski definition) is 1. The third kappa shape index (κ3) is 4.21. The van der Waals surface area contributed by atoms with E-state index in [-0.39, 0.29) is 40.3 Å². The number of benzene rings is 1. The summed E-state index contributed by atoms with van der Waals surface area (Å²) < 4.78 is 31.1. The lowest BCUT2D eigenvalue weighted by Gasteiger charge is -2.61. The molecule has 194 valence electrons. The fourth-order valence-corrected chi connectivity index (χ4v) is 10.1. The van der Waals surface area contributed by atoms with Crippen molar-refractivity contribution in [2.75, 3.05) is 6.61 Å². The lowest BCUT2D eigenvalue weighted by molar-refractivity contribution is -0.169. The van der Waals surface area contributed by atoms with Crippen LogP contribution < -0.4 is 0 Å². The highest BCUT2D eigenvalue weighted by atomic mass is 32.2. The molecule has 9 atom stereocenters. The molecule has 0 spiro atoms. The quantitative estimate of drug-likeness (QED) is 0.535. The number of fused-ring (bicyclic) bond motifs is 5.